The van der Waals surface area contributed by atoms with Crippen molar-refractivity contribution < 1.29 is 17.9 Å². The van der Waals surface area contributed by atoms with Crippen molar-refractivity contribution >= 4 is 27.3 Å². The summed E-state index contributed by atoms with van der Waals surface area (Å²) in [6, 6.07) is 12.9. The van der Waals surface area contributed by atoms with Crippen LogP contribution >= 0.6 is 0 Å². The summed E-state index contributed by atoms with van der Waals surface area (Å²) in [7, 11) is -2.16. The van der Waals surface area contributed by atoms with E-state index >= 15 is 0 Å². The lowest BCUT2D eigenvalue weighted by Gasteiger charge is -2.10. The third kappa shape index (κ3) is 10.6. The second-order valence-corrected chi connectivity index (χ2v) is 10.4. The second-order valence-electron chi connectivity index (χ2n) is 8.69. The highest BCUT2D eigenvalue weighted by Gasteiger charge is 2.14. The number of hydrogen-bond donors (Lipinski definition) is 2. The van der Waals surface area contributed by atoms with Crippen molar-refractivity contribution in [1.82, 2.24) is 0 Å². The van der Waals surface area contributed by atoms with E-state index in [1.807, 2.05) is 0 Å². The molecular weight excluding hydrogens is 448 g/mol. The average Bonchev–Trinajstić information content (AvgIpc) is 2.83. The highest BCUT2D eigenvalue weighted by Crippen LogP contribution is 2.21. The Kier molecular flexibility index (Phi) is 12.5. The van der Waals surface area contributed by atoms with Crippen LogP contribution in [0.15, 0.2) is 53.4 Å². The Morgan fingerprint density at radius 2 is 1.24 bits per heavy atom. The first-order valence-electron chi connectivity index (χ1n) is 12.5. The Labute approximate surface area is 205 Å². The zero-order chi connectivity index (χ0) is 24.7. The molecule has 34 heavy (non-hydrogen) atoms. The molecule has 2 aromatic carbocycles. The number of carbonyl (C=O) groups excluding carboxylic acids is 1. The van der Waals surface area contributed by atoms with E-state index in [2.05, 4.69) is 17.0 Å². The maximum Gasteiger partial charge on any atom is 0.261 e. The molecule has 0 aromatic heterocycles. The van der Waals surface area contributed by atoms with Gasteiger partial charge in [0, 0.05) is 17.8 Å². The van der Waals surface area contributed by atoms with E-state index in [-0.39, 0.29) is 10.8 Å². The van der Waals surface area contributed by atoms with Crippen molar-refractivity contribution in [2.75, 3.05) is 17.1 Å². The minimum Gasteiger partial charge on any atom is -0.497 e. The maximum atomic E-state index is 12.6. The summed E-state index contributed by atoms with van der Waals surface area (Å²) in [5.41, 5.74) is 1.04. The average molecular weight is 489 g/mol. The maximum absolute atomic E-state index is 12.6. The van der Waals surface area contributed by atoms with Gasteiger partial charge in [0.2, 0.25) is 5.91 Å². The molecule has 0 bridgehead atoms. The molecule has 2 N–H and O–H groups in total. The fourth-order valence-electron chi connectivity index (χ4n) is 3.76. The number of sulfonamides is 1. The zero-order valence-corrected chi connectivity index (χ0v) is 21.5. The Morgan fingerprint density at radius 3 is 1.76 bits per heavy atom. The Morgan fingerprint density at radius 1 is 0.735 bits per heavy atom. The van der Waals surface area contributed by atoms with Gasteiger partial charge in [0.1, 0.15) is 5.75 Å². The monoisotopic (exact) mass is 488 g/mol. The molecule has 0 aliphatic heterocycles. The SMILES string of the molecule is CCCCCCCCCCCCCC(=O)Nc1ccc(S(=O)(=O)Nc2ccc(OC)cc2)cc1. The lowest BCUT2D eigenvalue weighted by Crippen LogP contribution is -2.14. The summed E-state index contributed by atoms with van der Waals surface area (Å²) in [4.78, 5) is 12.3. The van der Waals surface area contributed by atoms with Crippen molar-refractivity contribution in [2.45, 2.75) is 88.9 Å². The second kappa shape index (κ2) is 15.4. The molecular formula is C27H40N2O4S. The molecule has 0 heterocycles. The number of ether oxygens (including phenoxy) is 1. The predicted molar refractivity (Wildman–Crippen MR) is 140 cm³/mol. The number of hydrogen-bond acceptors (Lipinski definition) is 4. The quantitative estimate of drug-likeness (QED) is 0.232. The molecule has 188 valence electrons. The fraction of sp³-hybridized carbons (Fsp3) is 0.519. The summed E-state index contributed by atoms with van der Waals surface area (Å²) in [6.07, 6.45) is 14.2. The summed E-state index contributed by atoms with van der Waals surface area (Å²) in [5.74, 6) is 0.610. The predicted octanol–water partition coefficient (Wildman–Crippen LogP) is 7.14. The van der Waals surface area contributed by atoms with Crippen LogP contribution in [0.3, 0.4) is 0 Å². The fourth-order valence-corrected chi connectivity index (χ4v) is 4.82. The van der Waals surface area contributed by atoms with E-state index in [9.17, 15) is 13.2 Å². The molecule has 0 aliphatic carbocycles. The Balaban J connectivity index is 1.65. The number of methoxy groups -OCH3 is 1. The number of nitrogens with one attached hydrogen (secondary N) is 2. The van der Waals surface area contributed by atoms with Gasteiger partial charge in [-0.3, -0.25) is 9.52 Å². The molecule has 0 saturated heterocycles. The van der Waals surface area contributed by atoms with Crippen LogP contribution < -0.4 is 14.8 Å². The molecule has 0 radical (unpaired) electrons. The zero-order valence-electron chi connectivity index (χ0n) is 20.6. The molecule has 7 heteroatoms. The molecule has 0 spiro atoms. The first kappa shape index (κ1) is 27.7. The lowest BCUT2D eigenvalue weighted by molar-refractivity contribution is -0.116. The molecule has 0 saturated carbocycles. The van der Waals surface area contributed by atoms with Gasteiger partial charge in [-0.05, 0) is 55.0 Å². The van der Waals surface area contributed by atoms with E-state index < -0.39 is 10.0 Å². The molecule has 2 aromatic rings. The van der Waals surface area contributed by atoms with Crippen LogP contribution in [0.5, 0.6) is 5.75 Å². The highest BCUT2D eigenvalue weighted by atomic mass is 32.2. The summed E-state index contributed by atoms with van der Waals surface area (Å²) >= 11 is 0. The van der Waals surface area contributed by atoms with Gasteiger partial charge in [0.15, 0.2) is 0 Å². The highest BCUT2D eigenvalue weighted by molar-refractivity contribution is 7.92. The largest absolute Gasteiger partial charge is 0.497 e. The Hall–Kier alpha value is -2.54. The topological polar surface area (TPSA) is 84.5 Å². The number of unbranched alkanes of at least 4 members (excludes halogenated alkanes) is 10. The van der Waals surface area contributed by atoms with Crippen molar-refractivity contribution in [3.05, 3.63) is 48.5 Å². The van der Waals surface area contributed by atoms with Gasteiger partial charge in [-0.25, -0.2) is 8.42 Å². The smallest absolute Gasteiger partial charge is 0.261 e. The van der Waals surface area contributed by atoms with Gasteiger partial charge in [0.25, 0.3) is 10.0 Å². The van der Waals surface area contributed by atoms with Crippen LogP contribution in [0.2, 0.25) is 0 Å². The number of anilines is 2. The van der Waals surface area contributed by atoms with E-state index in [0.717, 1.165) is 12.8 Å². The van der Waals surface area contributed by atoms with E-state index in [0.29, 0.717) is 23.5 Å². The van der Waals surface area contributed by atoms with Gasteiger partial charge in [-0.1, -0.05) is 71.1 Å². The Bertz CT molecular complexity index is 942. The summed E-state index contributed by atoms with van der Waals surface area (Å²) < 4.78 is 32.8. The number of benzene rings is 2. The van der Waals surface area contributed by atoms with Gasteiger partial charge in [-0.2, -0.15) is 0 Å². The standard InChI is InChI=1S/C27H40N2O4S/c1-3-4-5-6-7-8-9-10-11-12-13-14-27(30)28-23-17-21-26(22-18-23)34(31,32)29-24-15-19-25(33-2)20-16-24/h15-22,29H,3-14H2,1-2H3,(H,28,30). The van der Waals surface area contributed by atoms with Gasteiger partial charge < -0.3 is 10.1 Å². The van der Waals surface area contributed by atoms with Crippen LogP contribution in [0, 0.1) is 0 Å². The van der Waals surface area contributed by atoms with Crippen LogP contribution in [-0.4, -0.2) is 21.4 Å². The van der Waals surface area contributed by atoms with Crippen molar-refractivity contribution in [3.8, 4) is 5.75 Å². The molecule has 0 atom stereocenters. The van der Waals surface area contributed by atoms with Gasteiger partial charge in [-0.15, -0.1) is 0 Å². The molecule has 0 fully saturated rings. The van der Waals surface area contributed by atoms with Crippen molar-refractivity contribution in [3.63, 3.8) is 0 Å². The van der Waals surface area contributed by atoms with Gasteiger partial charge in [0.05, 0.1) is 12.0 Å². The summed E-state index contributed by atoms with van der Waals surface area (Å²) in [5, 5.41) is 2.85. The lowest BCUT2D eigenvalue weighted by atomic mass is 10.1. The molecule has 6 nitrogen and oxygen atoms in total. The minimum absolute atomic E-state index is 0.0390. The first-order chi connectivity index (χ1) is 16.4. The van der Waals surface area contributed by atoms with Crippen LogP contribution in [-0.2, 0) is 14.8 Å². The normalized spacial score (nSPS) is 11.2. The minimum atomic E-state index is -3.72. The van der Waals surface area contributed by atoms with Crippen LogP contribution in [0.25, 0.3) is 0 Å². The van der Waals surface area contributed by atoms with E-state index in [1.165, 1.54) is 69.9 Å². The van der Waals surface area contributed by atoms with Crippen LogP contribution in [0.1, 0.15) is 84.0 Å². The van der Waals surface area contributed by atoms with Crippen molar-refractivity contribution in [1.29, 1.82) is 0 Å². The van der Waals surface area contributed by atoms with Crippen LogP contribution in [0.4, 0.5) is 11.4 Å². The number of rotatable bonds is 17. The van der Waals surface area contributed by atoms with Crippen molar-refractivity contribution in [2.24, 2.45) is 0 Å². The molecule has 0 aliphatic rings. The first-order valence-corrected chi connectivity index (χ1v) is 14.0. The molecule has 1 amide bonds. The molecule has 0 unspecified atom stereocenters. The number of carbonyl (C=O) groups is 1. The van der Waals surface area contributed by atoms with Gasteiger partial charge >= 0.3 is 0 Å². The number of amides is 1. The summed E-state index contributed by atoms with van der Waals surface area (Å²) in [6.45, 7) is 2.24. The molecule has 2 rings (SSSR count). The third-order valence-corrected chi connectivity index (χ3v) is 7.20. The van der Waals surface area contributed by atoms with E-state index in [1.54, 1.807) is 43.5 Å². The third-order valence-electron chi connectivity index (χ3n) is 5.80. The van der Waals surface area contributed by atoms with E-state index in [4.69, 9.17) is 4.74 Å².